The predicted molar refractivity (Wildman–Crippen MR) is 222 cm³/mol. The monoisotopic (exact) mass is 788 g/mol. The molecule has 7 rings (SSSR count). The number of hydrogen-bond acceptors (Lipinski definition) is 0. The molecule has 0 aromatic heterocycles. The fourth-order valence-electron chi connectivity index (χ4n) is 8.96. The van der Waals surface area contributed by atoms with Gasteiger partial charge in [-0.15, -0.1) is 31.7 Å². The average Bonchev–Trinajstić information content (AvgIpc) is 3.67. The molecule has 5 aliphatic rings. The molecule has 3 atom stereocenters. The van der Waals surface area contributed by atoms with Crippen LogP contribution in [0.25, 0.3) is 5.57 Å². The molecular formula is C47H64Cl2Zr-4. The molecule has 0 radical (unpaired) electrons. The number of benzene rings is 2. The average molecular weight is 791 g/mol. The summed E-state index contributed by atoms with van der Waals surface area (Å²) in [6.45, 7) is 29.2. The predicted octanol–water partition coefficient (Wildman–Crippen LogP) is 13.7. The minimum Gasteiger partial charge on any atom is -0.358 e. The maximum atomic E-state index is 3.34. The fraction of sp³-hybridized carbons (Fsp3) is 0.468. The minimum atomic E-state index is 0. The van der Waals surface area contributed by atoms with Crippen LogP contribution in [0.1, 0.15) is 107 Å². The van der Waals surface area contributed by atoms with E-state index in [1.54, 1.807) is 28.2 Å². The Balaban J connectivity index is 0.000000495. The maximum absolute atomic E-state index is 3.34. The number of rotatable bonds is 0. The second-order valence-electron chi connectivity index (χ2n) is 16.8. The molecule has 0 aliphatic heterocycles. The standard InChI is InChI=1S/C29H37.C10H15.C6H5.CH3.CH2.2ClH.Zr/c1-18-25-22-17-19-13-9-10-14-20(19)24(22)21-15-11-12-16-23(21)29(25,8)28(6,7)27(4,5)26(18,2)3;1-8-5-6-9(7-8)10(2,3)4;1-2-4-6-5-3-1;;;;;/h9-11,13-15,23H,12,16-17H2,1-8H3;6-8H,1-4H3;1-5H;1H3;1H2;2*1H;/q4*-1;;;;. The Kier molecular flexibility index (Phi) is 16.2. The summed E-state index contributed by atoms with van der Waals surface area (Å²) in [6, 6.07) is 21.7. The number of allylic oxidation sites excluding steroid dienone is 10. The van der Waals surface area contributed by atoms with Crippen LogP contribution in [0.15, 0.2) is 101 Å². The smallest absolute Gasteiger partial charge is 0.171 e. The molecule has 0 N–H and O–H groups in total. The molecule has 1 saturated carbocycles. The molecule has 3 unspecified atom stereocenters. The second-order valence-corrected chi connectivity index (χ2v) is 16.8. The van der Waals surface area contributed by atoms with E-state index in [0.717, 1.165) is 6.42 Å². The van der Waals surface area contributed by atoms with Crippen molar-refractivity contribution in [3.05, 3.63) is 138 Å². The minimum absolute atomic E-state index is 0. The van der Waals surface area contributed by atoms with Gasteiger partial charge in [0.05, 0.1) is 0 Å². The summed E-state index contributed by atoms with van der Waals surface area (Å²) in [7, 11) is 0. The van der Waals surface area contributed by atoms with E-state index < -0.39 is 0 Å². The summed E-state index contributed by atoms with van der Waals surface area (Å²) >= 11 is 1.30. The van der Waals surface area contributed by atoms with Crippen LogP contribution >= 0.6 is 24.8 Å². The van der Waals surface area contributed by atoms with E-state index >= 15 is 0 Å². The number of halogens is 2. The first-order valence-corrected chi connectivity index (χ1v) is 19.4. The quantitative estimate of drug-likeness (QED) is 0.233. The molecular weight excluding hydrogens is 727 g/mol. The molecule has 50 heavy (non-hydrogen) atoms. The van der Waals surface area contributed by atoms with Gasteiger partial charge in [0.2, 0.25) is 0 Å². The van der Waals surface area contributed by atoms with E-state index in [1.807, 2.05) is 30.3 Å². The fourth-order valence-corrected chi connectivity index (χ4v) is 8.96. The molecule has 1 fully saturated rings. The zero-order chi connectivity index (χ0) is 35.0. The van der Waals surface area contributed by atoms with Crippen molar-refractivity contribution in [2.24, 2.45) is 38.9 Å². The second kappa shape index (κ2) is 17.4. The van der Waals surface area contributed by atoms with Gasteiger partial charge in [-0.3, -0.25) is 6.08 Å². The van der Waals surface area contributed by atoms with Gasteiger partial charge in [-0.25, -0.2) is 12.0 Å². The Labute approximate surface area is 335 Å². The van der Waals surface area contributed by atoms with Gasteiger partial charge in [0.25, 0.3) is 0 Å². The molecule has 0 saturated heterocycles. The van der Waals surface area contributed by atoms with E-state index in [1.165, 1.54) is 53.8 Å². The van der Waals surface area contributed by atoms with Gasteiger partial charge < -0.3 is 7.43 Å². The van der Waals surface area contributed by atoms with E-state index in [2.05, 4.69) is 148 Å². The third-order valence-corrected chi connectivity index (χ3v) is 13.2. The van der Waals surface area contributed by atoms with Crippen LogP contribution < -0.4 is 0 Å². The van der Waals surface area contributed by atoms with E-state index in [-0.39, 0.29) is 53.9 Å². The molecule has 0 spiro atoms. The molecule has 0 heterocycles. The van der Waals surface area contributed by atoms with Crippen LogP contribution in [-0.4, -0.2) is 4.21 Å². The Morgan fingerprint density at radius 1 is 0.880 bits per heavy atom. The molecule has 0 bridgehead atoms. The number of hydrogen-bond donors (Lipinski definition) is 0. The Morgan fingerprint density at radius 2 is 1.48 bits per heavy atom. The summed E-state index contributed by atoms with van der Waals surface area (Å²) in [4.78, 5) is 0. The summed E-state index contributed by atoms with van der Waals surface area (Å²) in [5.74, 6) is 2.76. The van der Waals surface area contributed by atoms with Crippen LogP contribution in [0, 0.1) is 64.4 Å². The van der Waals surface area contributed by atoms with Gasteiger partial charge in [-0.2, -0.15) is 59.2 Å². The summed E-state index contributed by atoms with van der Waals surface area (Å²) in [6.07, 6.45) is 16.2. The Bertz CT molecular complexity index is 1560. The third-order valence-electron chi connectivity index (χ3n) is 13.2. The van der Waals surface area contributed by atoms with Gasteiger partial charge in [0.1, 0.15) is 0 Å². The van der Waals surface area contributed by atoms with Crippen LogP contribution in [0.4, 0.5) is 0 Å². The van der Waals surface area contributed by atoms with Crippen molar-refractivity contribution in [3.63, 3.8) is 0 Å². The first kappa shape index (κ1) is 46.4. The van der Waals surface area contributed by atoms with E-state index in [0.29, 0.717) is 17.3 Å². The van der Waals surface area contributed by atoms with Crippen LogP contribution in [-0.2, 0) is 30.7 Å². The number of fused-ring (bicyclic) bond motifs is 6. The van der Waals surface area contributed by atoms with Crippen molar-refractivity contribution in [1.29, 1.82) is 0 Å². The molecule has 3 heteroatoms. The molecule has 0 nitrogen and oxygen atoms in total. The van der Waals surface area contributed by atoms with Crippen LogP contribution in [0.5, 0.6) is 0 Å². The summed E-state index contributed by atoms with van der Waals surface area (Å²) in [5, 5.41) is 0. The van der Waals surface area contributed by atoms with Gasteiger partial charge >= 0.3 is 28.4 Å². The molecule has 2 aromatic rings. The van der Waals surface area contributed by atoms with Gasteiger partial charge in [-0.1, -0.05) is 152 Å². The first-order valence-electron chi connectivity index (χ1n) is 17.6. The molecule has 2 aromatic carbocycles. The van der Waals surface area contributed by atoms with Gasteiger partial charge in [0, 0.05) is 0 Å². The molecule has 5 aliphatic carbocycles. The van der Waals surface area contributed by atoms with E-state index in [9.17, 15) is 0 Å². The van der Waals surface area contributed by atoms with Crippen molar-refractivity contribution in [2.75, 3.05) is 0 Å². The summed E-state index contributed by atoms with van der Waals surface area (Å²) < 4.78 is 3.34. The Morgan fingerprint density at radius 3 is 1.96 bits per heavy atom. The van der Waals surface area contributed by atoms with Crippen molar-refractivity contribution in [1.82, 2.24) is 0 Å². The maximum Gasteiger partial charge on any atom is -0.171 e. The van der Waals surface area contributed by atoms with Crippen molar-refractivity contribution < 1.29 is 24.2 Å². The third kappa shape index (κ3) is 7.83. The largest absolute Gasteiger partial charge is 0.358 e. The zero-order valence-electron chi connectivity index (χ0n) is 33.3. The van der Waals surface area contributed by atoms with Gasteiger partial charge in [0.15, 0.2) is 0 Å². The van der Waals surface area contributed by atoms with Crippen LogP contribution in [0.3, 0.4) is 0 Å². The van der Waals surface area contributed by atoms with Crippen LogP contribution in [0.2, 0.25) is 0 Å². The topological polar surface area (TPSA) is 0 Å². The zero-order valence-corrected chi connectivity index (χ0v) is 37.4. The van der Waals surface area contributed by atoms with Crippen molar-refractivity contribution >= 4 is 34.6 Å². The van der Waals surface area contributed by atoms with E-state index in [4.69, 9.17) is 0 Å². The summed E-state index contributed by atoms with van der Waals surface area (Å²) in [5.41, 5.74) is 12.0. The molecule has 0 amide bonds. The SMILES string of the molecule is CC1[C-]=CC(C(C)(C)C)=C1.C[C-]1C2=C3Cc4ccccc4C3=C3C=CCCC3C2(C)C(C)(C)C(C)(C)C1(C)C.Cl.Cl.[CH2]=[Zr].[CH3-].[c-]1ccccc1. The Hall–Kier alpha value is -1.66. The van der Waals surface area contributed by atoms with Gasteiger partial charge in [-0.05, 0) is 40.6 Å². The normalized spacial score (nSPS) is 25.3. The molecule has 274 valence electrons. The van der Waals surface area contributed by atoms with Crippen molar-refractivity contribution in [3.8, 4) is 0 Å². The van der Waals surface area contributed by atoms with Crippen molar-refractivity contribution in [2.45, 2.75) is 102 Å². The first-order chi connectivity index (χ1) is 22.0.